The molecule has 33 heavy (non-hydrogen) atoms. The molecule has 0 nitrogen and oxygen atoms in total. The smallest absolute Gasteiger partial charge is 0.00786 e. The van der Waals surface area contributed by atoms with E-state index < -0.39 is 7.92 Å². The molecule has 4 aromatic carbocycles. The van der Waals surface area contributed by atoms with Crippen LogP contribution in [0.3, 0.4) is 0 Å². The Morgan fingerprint density at radius 3 is 1.82 bits per heavy atom. The first kappa shape index (κ1) is 23.2. The molecule has 166 valence electrons. The summed E-state index contributed by atoms with van der Waals surface area (Å²) in [5.41, 5.74) is 3.99. The molecule has 0 radical (unpaired) electrons. The van der Waals surface area contributed by atoms with Crippen LogP contribution in [0.15, 0.2) is 109 Å². The Kier molecular flexibility index (Phi) is 8.68. The van der Waals surface area contributed by atoms with E-state index in [-0.39, 0.29) is 0 Å². The lowest BCUT2D eigenvalue weighted by Gasteiger charge is -2.21. The summed E-state index contributed by atoms with van der Waals surface area (Å²) in [6, 6.07) is 39.8. The van der Waals surface area contributed by atoms with E-state index >= 15 is 0 Å². The van der Waals surface area contributed by atoms with Crippen LogP contribution in [0.2, 0.25) is 0 Å². The maximum Gasteiger partial charge on any atom is -0.00786 e. The second-order valence-corrected chi connectivity index (χ2v) is 10.6. The van der Waals surface area contributed by atoms with Crippen molar-refractivity contribution in [3.63, 3.8) is 0 Å². The summed E-state index contributed by atoms with van der Waals surface area (Å²) >= 11 is 0. The molecule has 0 unspecified atom stereocenters. The summed E-state index contributed by atoms with van der Waals surface area (Å²) in [6.45, 7) is 2.27. The maximum atomic E-state index is 2.30. The average molecular weight is 449 g/mol. The van der Waals surface area contributed by atoms with E-state index in [2.05, 4.69) is 128 Å². The third-order valence-corrected chi connectivity index (χ3v) is 8.48. The van der Waals surface area contributed by atoms with Crippen LogP contribution in [0, 0.1) is 0 Å². The van der Waals surface area contributed by atoms with Crippen LogP contribution < -0.4 is 15.9 Å². The largest absolute Gasteiger partial charge is 0.0654 e. The first-order chi connectivity index (χ1) is 16.3. The zero-order valence-corrected chi connectivity index (χ0v) is 20.4. The Hall–Kier alpha value is -2.95. The van der Waals surface area contributed by atoms with Gasteiger partial charge in [-0.15, -0.1) is 0 Å². The first-order valence-corrected chi connectivity index (χ1v) is 13.5. The summed E-state index contributed by atoms with van der Waals surface area (Å²) in [7, 11) is -0.614. The van der Waals surface area contributed by atoms with Crippen molar-refractivity contribution in [1.82, 2.24) is 0 Å². The summed E-state index contributed by atoms with van der Waals surface area (Å²) in [5.74, 6) is 0. The van der Waals surface area contributed by atoms with Crippen LogP contribution >= 0.6 is 7.92 Å². The molecule has 0 aromatic heterocycles. The molecule has 0 aliphatic heterocycles. The molecule has 0 fully saturated rings. The van der Waals surface area contributed by atoms with Gasteiger partial charge < -0.3 is 0 Å². The van der Waals surface area contributed by atoms with Crippen molar-refractivity contribution < 1.29 is 0 Å². The van der Waals surface area contributed by atoms with E-state index in [4.69, 9.17) is 0 Å². The van der Waals surface area contributed by atoms with Gasteiger partial charge in [-0.25, -0.2) is 0 Å². The molecular weight excluding hydrogens is 415 g/mol. The SMILES string of the molecule is CCCCCCc1ccc(C=Cc2ccccc2P(c2ccccc2)c2ccccc2)cc1. The highest BCUT2D eigenvalue weighted by Gasteiger charge is 2.18. The van der Waals surface area contributed by atoms with E-state index in [1.54, 1.807) is 0 Å². The molecule has 0 aliphatic rings. The molecule has 4 rings (SSSR count). The zero-order valence-electron chi connectivity index (χ0n) is 19.5. The van der Waals surface area contributed by atoms with Gasteiger partial charge in [0.25, 0.3) is 0 Å². The van der Waals surface area contributed by atoms with Crippen LogP contribution in [-0.4, -0.2) is 0 Å². The van der Waals surface area contributed by atoms with E-state index in [1.165, 1.54) is 64.7 Å². The number of rotatable bonds is 10. The summed E-state index contributed by atoms with van der Waals surface area (Å²) < 4.78 is 0. The van der Waals surface area contributed by atoms with E-state index in [0.29, 0.717) is 0 Å². The molecule has 0 spiro atoms. The molecule has 0 aliphatic carbocycles. The molecule has 0 saturated heterocycles. The molecule has 0 heterocycles. The highest BCUT2D eigenvalue weighted by Crippen LogP contribution is 2.34. The maximum absolute atomic E-state index is 2.30. The number of hydrogen-bond donors (Lipinski definition) is 0. The van der Waals surface area contributed by atoms with Crippen molar-refractivity contribution in [2.75, 3.05) is 0 Å². The van der Waals surface area contributed by atoms with Crippen LogP contribution in [0.25, 0.3) is 12.2 Å². The highest BCUT2D eigenvalue weighted by atomic mass is 31.1. The molecule has 0 bridgehead atoms. The molecule has 4 aromatic rings. The van der Waals surface area contributed by atoms with Crippen LogP contribution in [-0.2, 0) is 6.42 Å². The minimum absolute atomic E-state index is 0.614. The fourth-order valence-electron chi connectivity index (χ4n) is 4.15. The van der Waals surface area contributed by atoms with Crippen molar-refractivity contribution in [3.8, 4) is 0 Å². The van der Waals surface area contributed by atoms with E-state index in [0.717, 1.165) is 0 Å². The van der Waals surface area contributed by atoms with E-state index in [9.17, 15) is 0 Å². The fraction of sp³-hybridized carbons (Fsp3) is 0.188. The lowest BCUT2D eigenvalue weighted by Crippen LogP contribution is -2.22. The lowest BCUT2D eigenvalue weighted by atomic mass is 10.0. The van der Waals surface area contributed by atoms with Gasteiger partial charge in [0.2, 0.25) is 0 Å². The second-order valence-electron chi connectivity index (χ2n) is 8.45. The molecule has 0 N–H and O–H groups in total. The lowest BCUT2D eigenvalue weighted by molar-refractivity contribution is 0.667. The van der Waals surface area contributed by atoms with Crippen LogP contribution in [0.4, 0.5) is 0 Å². The Morgan fingerprint density at radius 2 is 1.18 bits per heavy atom. The number of hydrogen-bond acceptors (Lipinski definition) is 0. The van der Waals surface area contributed by atoms with Gasteiger partial charge in [-0.2, -0.15) is 0 Å². The van der Waals surface area contributed by atoms with Crippen molar-refractivity contribution in [3.05, 3.63) is 126 Å². The van der Waals surface area contributed by atoms with Gasteiger partial charge in [0.05, 0.1) is 0 Å². The number of benzene rings is 4. The Labute approximate surface area is 200 Å². The quantitative estimate of drug-likeness (QED) is 0.132. The molecule has 0 amide bonds. The average Bonchev–Trinajstić information content (AvgIpc) is 2.88. The zero-order chi connectivity index (χ0) is 22.7. The summed E-state index contributed by atoms with van der Waals surface area (Å²) in [4.78, 5) is 0. The van der Waals surface area contributed by atoms with Gasteiger partial charge in [-0.05, 0) is 53.4 Å². The minimum Gasteiger partial charge on any atom is -0.0654 e. The Bertz CT molecular complexity index is 1090. The monoisotopic (exact) mass is 448 g/mol. The summed E-state index contributed by atoms with van der Waals surface area (Å²) in [5, 5.41) is 4.16. The third kappa shape index (κ3) is 6.53. The van der Waals surface area contributed by atoms with Crippen molar-refractivity contribution in [2.45, 2.75) is 39.0 Å². The normalized spacial score (nSPS) is 11.3. The predicted octanol–water partition coefficient (Wildman–Crippen LogP) is 7.74. The second kappa shape index (κ2) is 12.3. The first-order valence-electron chi connectivity index (χ1n) is 12.1. The molecular formula is C32H33P. The van der Waals surface area contributed by atoms with Gasteiger partial charge >= 0.3 is 0 Å². The standard InChI is InChI=1S/C32H33P/c1-2-3-4-7-14-27-21-23-28(24-22-27)25-26-29-15-12-13-20-32(29)33(30-16-8-5-9-17-30)31-18-10-6-11-19-31/h5-6,8-13,15-26H,2-4,7,14H2,1H3. The fourth-order valence-corrected chi connectivity index (χ4v) is 6.59. The Morgan fingerprint density at radius 1 is 0.576 bits per heavy atom. The van der Waals surface area contributed by atoms with Gasteiger partial charge in [-0.1, -0.05) is 148 Å². The van der Waals surface area contributed by atoms with Gasteiger partial charge in [0.1, 0.15) is 0 Å². The number of unbranched alkanes of at least 4 members (excludes halogenated alkanes) is 3. The van der Waals surface area contributed by atoms with E-state index in [1.807, 2.05) is 0 Å². The molecule has 1 heteroatoms. The van der Waals surface area contributed by atoms with Crippen molar-refractivity contribution >= 4 is 36.0 Å². The molecule has 0 saturated carbocycles. The van der Waals surface area contributed by atoms with Crippen LogP contribution in [0.5, 0.6) is 0 Å². The van der Waals surface area contributed by atoms with Gasteiger partial charge in [0.15, 0.2) is 0 Å². The van der Waals surface area contributed by atoms with Crippen molar-refractivity contribution in [1.29, 1.82) is 0 Å². The van der Waals surface area contributed by atoms with Gasteiger partial charge in [-0.3, -0.25) is 0 Å². The summed E-state index contributed by atoms with van der Waals surface area (Å²) in [6.07, 6.45) is 11.0. The molecule has 0 atom stereocenters. The van der Waals surface area contributed by atoms with Crippen molar-refractivity contribution in [2.24, 2.45) is 0 Å². The predicted molar refractivity (Wildman–Crippen MR) is 148 cm³/mol. The topological polar surface area (TPSA) is 0 Å². The number of aryl methyl sites for hydroxylation is 1. The Balaban J connectivity index is 1.58. The van der Waals surface area contributed by atoms with Crippen LogP contribution in [0.1, 0.15) is 49.3 Å². The third-order valence-electron chi connectivity index (χ3n) is 5.96. The minimum atomic E-state index is -0.614. The highest BCUT2D eigenvalue weighted by molar-refractivity contribution is 7.80. The van der Waals surface area contributed by atoms with Gasteiger partial charge in [0, 0.05) is 0 Å².